The molecule has 0 amide bonds. The van der Waals surface area contributed by atoms with Crippen LogP contribution in [-0.4, -0.2) is 12.4 Å². The molecule has 2 heteroatoms. The highest BCUT2D eigenvalue weighted by Gasteiger charge is 2.12. The summed E-state index contributed by atoms with van der Waals surface area (Å²) in [7, 11) is 0. The second-order valence-electron chi connectivity index (χ2n) is 5.13. The molecule has 0 N–H and O–H groups in total. The van der Waals surface area contributed by atoms with Gasteiger partial charge >= 0.3 is 0 Å². The SMILES string of the molecule is CCC(=O)c1cccc(-c2ccc3c(c2)CCCO3)c1. The van der Waals surface area contributed by atoms with Crippen molar-refractivity contribution in [3.63, 3.8) is 0 Å². The van der Waals surface area contributed by atoms with E-state index in [1.54, 1.807) is 0 Å². The van der Waals surface area contributed by atoms with Crippen LogP contribution >= 0.6 is 0 Å². The Morgan fingerprint density at radius 3 is 2.85 bits per heavy atom. The van der Waals surface area contributed by atoms with Crippen LogP contribution in [0.5, 0.6) is 5.75 Å². The molecule has 0 spiro atoms. The number of Topliss-reactive ketones (excluding diaryl/α,β-unsaturated/α-hetero) is 1. The molecule has 1 aliphatic heterocycles. The molecule has 1 heterocycles. The Morgan fingerprint density at radius 1 is 1.15 bits per heavy atom. The van der Waals surface area contributed by atoms with Crippen LogP contribution in [0.2, 0.25) is 0 Å². The van der Waals surface area contributed by atoms with Crippen molar-refractivity contribution in [3.05, 3.63) is 53.6 Å². The third-order valence-corrected chi connectivity index (χ3v) is 3.75. The first-order valence-electron chi connectivity index (χ1n) is 7.17. The number of aryl methyl sites for hydroxylation is 1. The molecule has 3 rings (SSSR count). The minimum atomic E-state index is 0.188. The summed E-state index contributed by atoms with van der Waals surface area (Å²) in [4.78, 5) is 11.8. The van der Waals surface area contributed by atoms with E-state index < -0.39 is 0 Å². The highest BCUT2D eigenvalue weighted by atomic mass is 16.5. The summed E-state index contributed by atoms with van der Waals surface area (Å²) in [5, 5.41) is 0. The molecule has 2 aromatic rings. The summed E-state index contributed by atoms with van der Waals surface area (Å²) in [5.41, 5.74) is 4.30. The molecule has 0 saturated heterocycles. The average Bonchev–Trinajstić information content (AvgIpc) is 2.53. The number of carbonyl (C=O) groups excluding carboxylic acids is 1. The van der Waals surface area contributed by atoms with E-state index in [-0.39, 0.29) is 5.78 Å². The van der Waals surface area contributed by atoms with Crippen molar-refractivity contribution in [1.82, 2.24) is 0 Å². The summed E-state index contributed by atoms with van der Waals surface area (Å²) in [6.07, 6.45) is 2.68. The van der Waals surface area contributed by atoms with Crippen molar-refractivity contribution in [2.75, 3.05) is 6.61 Å². The lowest BCUT2D eigenvalue weighted by molar-refractivity contribution is 0.0988. The molecular formula is C18H18O2. The van der Waals surface area contributed by atoms with Gasteiger partial charge in [-0.05, 0) is 47.7 Å². The van der Waals surface area contributed by atoms with Crippen molar-refractivity contribution in [2.24, 2.45) is 0 Å². The molecule has 0 fully saturated rings. The molecular weight excluding hydrogens is 248 g/mol. The van der Waals surface area contributed by atoms with Gasteiger partial charge in [0.25, 0.3) is 0 Å². The second-order valence-corrected chi connectivity index (χ2v) is 5.13. The molecule has 1 aliphatic rings. The minimum absolute atomic E-state index is 0.188. The molecule has 2 aromatic carbocycles. The van der Waals surface area contributed by atoms with Gasteiger partial charge in [0.2, 0.25) is 0 Å². The summed E-state index contributed by atoms with van der Waals surface area (Å²) < 4.78 is 5.64. The summed E-state index contributed by atoms with van der Waals surface area (Å²) in [6.45, 7) is 2.71. The molecule has 0 aliphatic carbocycles. The predicted octanol–water partition coefficient (Wildman–Crippen LogP) is 4.27. The lowest BCUT2D eigenvalue weighted by atomic mass is 9.97. The van der Waals surface area contributed by atoms with Crippen LogP contribution in [-0.2, 0) is 6.42 Å². The number of hydrogen-bond donors (Lipinski definition) is 0. The Kier molecular flexibility index (Phi) is 3.55. The highest BCUT2D eigenvalue weighted by molar-refractivity contribution is 5.97. The molecule has 0 saturated carbocycles. The Hall–Kier alpha value is -2.09. The first-order chi connectivity index (χ1) is 9.78. The van der Waals surface area contributed by atoms with Crippen molar-refractivity contribution in [3.8, 4) is 16.9 Å². The zero-order valence-electron chi connectivity index (χ0n) is 11.7. The highest BCUT2D eigenvalue weighted by Crippen LogP contribution is 2.30. The van der Waals surface area contributed by atoms with Gasteiger partial charge in [-0.2, -0.15) is 0 Å². The maximum absolute atomic E-state index is 11.8. The number of benzene rings is 2. The fourth-order valence-electron chi connectivity index (χ4n) is 2.62. The fourth-order valence-corrected chi connectivity index (χ4v) is 2.62. The molecule has 2 nitrogen and oxygen atoms in total. The van der Waals surface area contributed by atoms with Crippen LogP contribution in [0.4, 0.5) is 0 Å². The molecule has 20 heavy (non-hydrogen) atoms. The van der Waals surface area contributed by atoms with Crippen molar-refractivity contribution >= 4 is 5.78 Å². The number of fused-ring (bicyclic) bond motifs is 1. The van der Waals surface area contributed by atoms with E-state index in [1.807, 2.05) is 31.2 Å². The third-order valence-electron chi connectivity index (χ3n) is 3.75. The van der Waals surface area contributed by atoms with Crippen molar-refractivity contribution < 1.29 is 9.53 Å². The van der Waals surface area contributed by atoms with Crippen LogP contribution in [0.3, 0.4) is 0 Å². The molecule has 0 unspecified atom stereocenters. The summed E-state index contributed by atoms with van der Waals surface area (Å²) in [6, 6.07) is 14.2. The lowest BCUT2D eigenvalue weighted by Crippen LogP contribution is -2.08. The quantitative estimate of drug-likeness (QED) is 0.775. The van der Waals surface area contributed by atoms with Crippen molar-refractivity contribution in [2.45, 2.75) is 26.2 Å². The van der Waals surface area contributed by atoms with E-state index in [9.17, 15) is 4.79 Å². The van der Waals surface area contributed by atoms with Gasteiger partial charge in [0.1, 0.15) is 5.75 Å². The predicted molar refractivity (Wildman–Crippen MR) is 80.3 cm³/mol. The largest absolute Gasteiger partial charge is 0.493 e. The Bertz CT molecular complexity index is 644. The lowest BCUT2D eigenvalue weighted by Gasteiger charge is -2.18. The topological polar surface area (TPSA) is 26.3 Å². The number of hydrogen-bond acceptors (Lipinski definition) is 2. The Labute approximate surface area is 119 Å². The fraction of sp³-hybridized carbons (Fsp3) is 0.278. The summed E-state index contributed by atoms with van der Waals surface area (Å²) >= 11 is 0. The van der Waals surface area contributed by atoms with Gasteiger partial charge in [-0.15, -0.1) is 0 Å². The standard InChI is InChI=1S/C18H18O2/c1-2-17(19)15-6-3-5-13(11-15)14-8-9-18-16(12-14)7-4-10-20-18/h3,5-6,8-9,11-12H,2,4,7,10H2,1H3. The van der Waals surface area contributed by atoms with Gasteiger partial charge in [-0.3, -0.25) is 4.79 Å². The zero-order chi connectivity index (χ0) is 13.9. The molecule has 102 valence electrons. The summed E-state index contributed by atoms with van der Waals surface area (Å²) in [5.74, 6) is 1.19. The first-order valence-corrected chi connectivity index (χ1v) is 7.17. The molecule has 0 atom stereocenters. The van der Waals surface area contributed by atoms with Crippen LogP contribution in [0.25, 0.3) is 11.1 Å². The number of ketones is 1. The van der Waals surface area contributed by atoms with E-state index in [0.29, 0.717) is 6.42 Å². The van der Waals surface area contributed by atoms with E-state index in [4.69, 9.17) is 4.74 Å². The number of ether oxygens (including phenoxy) is 1. The first kappa shape index (κ1) is 12.9. The average molecular weight is 266 g/mol. The van der Waals surface area contributed by atoms with Crippen LogP contribution in [0.15, 0.2) is 42.5 Å². The van der Waals surface area contributed by atoms with E-state index in [1.165, 1.54) is 5.56 Å². The van der Waals surface area contributed by atoms with E-state index in [2.05, 4.69) is 18.2 Å². The Balaban J connectivity index is 1.98. The number of rotatable bonds is 3. The van der Waals surface area contributed by atoms with E-state index >= 15 is 0 Å². The maximum Gasteiger partial charge on any atom is 0.162 e. The van der Waals surface area contributed by atoms with Gasteiger partial charge < -0.3 is 4.74 Å². The smallest absolute Gasteiger partial charge is 0.162 e. The van der Waals surface area contributed by atoms with Crippen molar-refractivity contribution in [1.29, 1.82) is 0 Å². The monoisotopic (exact) mass is 266 g/mol. The second kappa shape index (κ2) is 5.49. The number of carbonyl (C=O) groups is 1. The van der Waals surface area contributed by atoms with Gasteiger partial charge in [-0.25, -0.2) is 0 Å². The van der Waals surface area contributed by atoms with Gasteiger partial charge in [-0.1, -0.05) is 31.2 Å². The molecule has 0 bridgehead atoms. The third kappa shape index (κ3) is 2.46. The van der Waals surface area contributed by atoms with E-state index in [0.717, 1.165) is 41.9 Å². The van der Waals surface area contributed by atoms with Gasteiger partial charge in [0, 0.05) is 12.0 Å². The van der Waals surface area contributed by atoms with Crippen LogP contribution < -0.4 is 4.74 Å². The maximum atomic E-state index is 11.8. The van der Waals surface area contributed by atoms with Crippen LogP contribution in [0, 0.1) is 0 Å². The van der Waals surface area contributed by atoms with Gasteiger partial charge in [0.05, 0.1) is 6.61 Å². The zero-order valence-corrected chi connectivity index (χ0v) is 11.7. The normalized spacial score (nSPS) is 13.4. The Morgan fingerprint density at radius 2 is 2.00 bits per heavy atom. The molecule has 0 radical (unpaired) electrons. The molecule has 0 aromatic heterocycles. The van der Waals surface area contributed by atoms with Gasteiger partial charge in [0.15, 0.2) is 5.78 Å². The van der Waals surface area contributed by atoms with Crippen LogP contribution in [0.1, 0.15) is 35.7 Å². The minimum Gasteiger partial charge on any atom is -0.493 e.